The highest BCUT2D eigenvalue weighted by Crippen LogP contribution is 2.31. The van der Waals surface area contributed by atoms with E-state index in [0.29, 0.717) is 0 Å². The number of hydrogen-bond donors (Lipinski definition) is 0. The van der Waals surface area contributed by atoms with E-state index in [1.807, 2.05) is 11.3 Å². The van der Waals surface area contributed by atoms with Gasteiger partial charge in [-0.3, -0.25) is 0 Å². The molecule has 0 aliphatic heterocycles. The van der Waals surface area contributed by atoms with Crippen molar-refractivity contribution >= 4 is 22.2 Å². The Labute approximate surface area is 217 Å². The Hall–Kier alpha value is -0.940. The van der Waals surface area contributed by atoms with Crippen LogP contribution >= 0.6 is 11.3 Å². The zero-order valence-electron chi connectivity index (χ0n) is 20.5. The quantitative estimate of drug-likeness (QED) is 0.128. The standard InChI is InChI=1S/C29H42NS.HI/c1-4-6-8-10-11-12-14-22-30-24(3)16-17-25-23-26(18-20-28(25)30)29-21-19-27(31-29)15-13-9-7-5-2;/h16-21,23H,4-15,22H2,1-3H3;1H/q+1;/p-1. The average molecular weight is 564 g/mol. The molecular formula is C29H42INS. The smallest absolute Gasteiger partial charge is 0.212 e. The van der Waals surface area contributed by atoms with Crippen LogP contribution in [0.2, 0.25) is 0 Å². The molecule has 0 fully saturated rings. The third kappa shape index (κ3) is 8.13. The molecule has 3 rings (SSSR count). The van der Waals surface area contributed by atoms with Crippen LogP contribution in [0.4, 0.5) is 0 Å². The van der Waals surface area contributed by atoms with E-state index in [0.717, 1.165) is 6.54 Å². The van der Waals surface area contributed by atoms with Gasteiger partial charge in [-0.15, -0.1) is 11.3 Å². The normalized spacial score (nSPS) is 11.1. The van der Waals surface area contributed by atoms with Gasteiger partial charge in [0.15, 0.2) is 5.69 Å². The summed E-state index contributed by atoms with van der Waals surface area (Å²) in [4.78, 5) is 2.94. The Morgan fingerprint density at radius 1 is 0.719 bits per heavy atom. The zero-order chi connectivity index (χ0) is 21.9. The first-order valence-corrected chi connectivity index (χ1v) is 13.6. The minimum Gasteiger partial charge on any atom is -1.00 e. The van der Waals surface area contributed by atoms with E-state index in [9.17, 15) is 0 Å². The Bertz CT molecular complexity index is 930. The lowest BCUT2D eigenvalue weighted by Gasteiger charge is -2.07. The van der Waals surface area contributed by atoms with Crippen molar-refractivity contribution in [3.8, 4) is 10.4 Å². The SMILES string of the molecule is CCCCCCCCC[n+]1c(C)ccc2cc(-c3ccc(CCCCCC)s3)ccc21.[I-]. The molecule has 3 aromatic rings. The maximum absolute atomic E-state index is 2.53. The molecule has 1 aromatic carbocycles. The maximum atomic E-state index is 2.53. The topological polar surface area (TPSA) is 3.88 Å². The summed E-state index contributed by atoms with van der Waals surface area (Å²) in [5.74, 6) is 0. The fourth-order valence-corrected chi connectivity index (χ4v) is 5.54. The minimum absolute atomic E-state index is 0. The highest BCUT2D eigenvalue weighted by molar-refractivity contribution is 7.15. The van der Waals surface area contributed by atoms with Gasteiger partial charge in [0.2, 0.25) is 5.52 Å². The van der Waals surface area contributed by atoms with Crippen molar-refractivity contribution in [2.24, 2.45) is 0 Å². The van der Waals surface area contributed by atoms with Crippen LogP contribution in [-0.4, -0.2) is 0 Å². The third-order valence-corrected chi connectivity index (χ3v) is 7.65. The van der Waals surface area contributed by atoms with Crippen LogP contribution in [0, 0.1) is 6.92 Å². The van der Waals surface area contributed by atoms with Crippen LogP contribution in [0.1, 0.15) is 95.0 Å². The molecule has 0 N–H and O–H groups in total. The number of unbranched alkanes of at least 4 members (excludes halogenated alkanes) is 9. The predicted octanol–water partition coefficient (Wildman–Crippen LogP) is 6.04. The molecule has 0 aliphatic carbocycles. The molecular weight excluding hydrogens is 521 g/mol. The van der Waals surface area contributed by atoms with Gasteiger partial charge in [-0.25, -0.2) is 0 Å². The number of thiophene rings is 1. The molecule has 0 saturated carbocycles. The molecule has 0 bridgehead atoms. The highest BCUT2D eigenvalue weighted by atomic mass is 127. The Morgan fingerprint density at radius 3 is 2.16 bits per heavy atom. The summed E-state index contributed by atoms with van der Waals surface area (Å²) in [6.07, 6.45) is 16.1. The number of fused-ring (bicyclic) bond motifs is 1. The van der Waals surface area contributed by atoms with Crippen LogP contribution in [0.5, 0.6) is 0 Å². The second-order valence-corrected chi connectivity index (χ2v) is 10.3. The molecule has 32 heavy (non-hydrogen) atoms. The molecule has 2 aromatic heterocycles. The lowest BCUT2D eigenvalue weighted by molar-refractivity contribution is -0.677. The first-order valence-electron chi connectivity index (χ1n) is 12.7. The third-order valence-electron chi connectivity index (χ3n) is 6.46. The van der Waals surface area contributed by atoms with Gasteiger partial charge >= 0.3 is 0 Å². The van der Waals surface area contributed by atoms with Gasteiger partial charge in [0.05, 0.1) is 0 Å². The van der Waals surface area contributed by atoms with Crippen LogP contribution in [0.25, 0.3) is 21.3 Å². The van der Waals surface area contributed by atoms with Gasteiger partial charge in [0.1, 0.15) is 6.54 Å². The first-order chi connectivity index (χ1) is 15.2. The van der Waals surface area contributed by atoms with Crippen LogP contribution in [0.3, 0.4) is 0 Å². The number of nitrogens with zero attached hydrogens (tertiary/aromatic N) is 1. The van der Waals surface area contributed by atoms with Gasteiger partial charge in [0, 0.05) is 40.6 Å². The summed E-state index contributed by atoms with van der Waals surface area (Å²) < 4.78 is 2.53. The van der Waals surface area contributed by atoms with E-state index in [2.05, 4.69) is 67.8 Å². The average Bonchev–Trinajstić information content (AvgIpc) is 3.26. The molecule has 0 unspecified atom stereocenters. The summed E-state index contributed by atoms with van der Waals surface area (Å²) in [6.45, 7) is 7.95. The highest BCUT2D eigenvalue weighted by Gasteiger charge is 2.14. The maximum Gasteiger partial charge on any atom is 0.212 e. The van der Waals surface area contributed by atoms with Crippen LogP contribution in [-0.2, 0) is 13.0 Å². The van der Waals surface area contributed by atoms with Gasteiger partial charge in [-0.2, -0.15) is 4.57 Å². The minimum atomic E-state index is 0. The second kappa shape index (κ2) is 15.1. The summed E-state index contributed by atoms with van der Waals surface area (Å²) in [5.41, 5.74) is 4.12. The summed E-state index contributed by atoms with van der Waals surface area (Å²) in [7, 11) is 0. The lowest BCUT2D eigenvalue weighted by Crippen LogP contribution is -3.00. The molecule has 0 aliphatic rings. The van der Waals surface area contributed by atoms with Crippen molar-refractivity contribution in [2.75, 3.05) is 0 Å². The zero-order valence-corrected chi connectivity index (χ0v) is 23.4. The van der Waals surface area contributed by atoms with Crippen LogP contribution < -0.4 is 28.5 Å². The molecule has 1 nitrogen and oxygen atoms in total. The van der Waals surface area contributed by atoms with Gasteiger partial charge < -0.3 is 24.0 Å². The fourth-order valence-electron chi connectivity index (χ4n) is 4.49. The number of aryl methyl sites for hydroxylation is 3. The monoisotopic (exact) mass is 563 g/mol. The van der Waals surface area contributed by atoms with E-state index in [4.69, 9.17) is 0 Å². The van der Waals surface area contributed by atoms with E-state index < -0.39 is 0 Å². The number of aromatic nitrogens is 1. The molecule has 0 radical (unpaired) electrons. The number of benzene rings is 1. The second-order valence-electron chi connectivity index (χ2n) is 9.10. The molecule has 0 amide bonds. The molecule has 0 atom stereocenters. The largest absolute Gasteiger partial charge is 1.00 e. The van der Waals surface area contributed by atoms with Crippen molar-refractivity contribution in [2.45, 2.75) is 104 Å². The molecule has 2 heterocycles. The van der Waals surface area contributed by atoms with E-state index in [1.165, 1.54) is 109 Å². The van der Waals surface area contributed by atoms with E-state index in [1.54, 1.807) is 0 Å². The lowest BCUT2D eigenvalue weighted by atomic mass is 10.1. The Balaban J connectivity index is 0.00000363. The van der Waals surface area contributed by atoms with Gasteiger partial charge in [-0.1, -0.05) is 65.2 Å². The van der Waals surface area contributed by atoms with Gasteiger partial charge in [-0.05, 0) is 55.2 Å². The fraction of sp³-hybridized carbons (Fsp3) is 0.552. The van der Waals surface area contributed by atoms with Crippen molar-refractivity contribution in [1.29, 1.82) is 0 Å². The van der Waals surface area contributed by atoms with Crippen molar-refractivity contribution in [1.82, 2.24) is 0 Å². The molecule has 176 valence electrons. The summed E-state index contributed by atoms with van der Waals surface area (Å²) in [6, 6.07) is 16.3. The Morgan fingerprint density at radius 2 is 1.41 bits per heavy atom. The van der Waals surface area contributed by atoms with E-state index in [-0.39, 0.29) is 24.0 Å². The van der Waals surface area contributed by atoms with Crippen LogP contribution in [0.15, 0.2) is 42.5 Å². The summed E-state index contributed by atoms with van der Waals surface area (Å²) >= 11 is 1.98. The number of halogens is 1. The predicted molar refractivity (Wildman–Crippen MR) is 138 cm³/mol. The number of pyridine rings is 1. The Kier molecular flexibility index (Phi) is 12.8. The van der Waals surface area contributed by atoms with Crippen molar-refractivity contribution in [3.05, 3.63) is 53.0 Å². The molecule has 0 spiro atoms. The number of rotatable bonds is 14. The van der Waals surface area contributed by atoms with E-state index >= 15 is 0 Å². The van der Waals surface area contributed by atoms with Crippen molar-refractivity contribution < 1.29 is 28.5 Å². The van der Waals surface area contributed by atoms with Crippen molar-refractivity contribution in [3.63, 3.8) is 0 Å². The first kappa shape index (κ1) is 27.3. The van der Waals surface area contributed by atoms with Gasteiger partial charge in [0.25, 0.3) is 0 Å². The molecule has 0 saturated heterocycles. The number of hydrogen-bond acceptors (Lipinski definition) is 1. The summed E-state index contributed by atoms with van der Waals surface area (Å²) in [5, 5.41) is 1.36. The molecule has 3 heteroatoms.